The van der Waals surface area contributed by atoms with Crippen LogP contribution in [0.25, 0.3) is 0 Å². The van der Waals surface area contributed by atoms with Crippen LogP contribution in [0.15, 0.2) is 15.4 Å². The summed E-state index contributed by atoms with van der Waals surface area (Å²) in [6.07, 6.45) is 1.03. The van der Waals surface area contributed by atoms with Crippen LogP contribution in [-0.4, -0.2) is 41.7 Å². The minimum Gasteiger partial charge on any atom is -0.373 e. The van der Waals surface area contributed by atoms with Gasteiger partial charge in [-0.1, -0.05) is 6.92 Å². The first kappa shape index (κ1) is 14.0. The number of carbonyl (C=O) groups excluding carboxylic acids is 1. The summed E-state index contributed by atoms with van der Waals surface area (Å²) in [6.45, 7) is 6.34. The van der Waals surface area contributed by atoms with Gasteiger partial charge in [0.1, 0.15) is 5.76 Å². The topological polar surface area (TPSA) is 81.5 Å². The van der Waals surface area contributed by atoms with Gasteiger partial charge in [0.05, 0.1) is 6.54 Å². The van der Waals surface area contributed by atoms with Gasteiger partial charge in [-0.25, -0.2) is 0 Å². The van der Waals surface area contributed by atoms with Crippen molar-refractivity contribution in [2.24, 2.45) is 17.6 Å². The predicted octanol–water partition coefficient (Wildman–Crippen LogP) is 0.307. The summed E-state index contributed by atoms with van der Waals surface area (Å²) >= 11 is 0. The number of aryl methyl sites for hydroxylation is 1. The van der Waals surface area contributed by atoms with Crippen molar-refractivity contribution in [1.82, 2.24) is 9.64 Å². The molecule has 106 valence electrons. The molecular weight excluding hydrogens is 246 g/mol. The van der Waals surface area contributed by atoms with Gasteiger partial charge in [-0.15, -0.1) is 4.74 Å². The molecule has 0 amide bonds. The highest BCUT2D eigenvalue weighted by Gasteiger charge is 2.27. The van der Waals surface area contributed by atoms with Gasteiger partial charge in [-0.2, -0.15) is 0 Å². The molecule has 6 heteroatoms. The van der Waals surface area contributed by atoms with Crippen molar-refractivity contribution in [2.75, 3.05) is 26.2 Å². The molecule has 1 saturated heterocycles. The Hall–Kier alpha value is -1.40. The Morgan fingerprint density at radius 1 is 1.58 bits per heavy atom. The van der Waals surface area contributed by atoms with Crippen LogP contribution < -0.4 is 11.3 Å². The fourth-order valence-electron chi connectivity index (χ4n) is 2.55. The largest absolute Gasteiger partial charge is 0.373 e. The van der Waals surface area contributed by atoms with E-state index in [4.69, 9.17) is 10.3 Å². The van der Waals surface area contributed by atoms with Gasteiger partial charge in [0.25, 0.3) is 11.5 Å². The molecule has 0 aliphatic carbocycles. The predicted molar refractivity (Wildman–Crippen MR) is 71.1 cm³/mol. The number of aromatic nitrogens is 1. The number of carbonyl (C=O) groups is 1. The zero-order valence-corrected chi connectivity index (χ0v) is 11.5. The third kappa shape index (κ3) is 3.13. The van der Waals surface area contributed by atoms with Crippen LogP contribution in [0.1, 0.15) is 23.9 Å². The van der Waals surface area contributed by atoms with Crippen molar-refractivity contribution in [3.63, 3.8) is 0 Å². The first-order valence-corrected chi connectivity index (χ1v) is 6.67. The van der Waals surface area contributed by atoms with E-state index in [-0.39, 0.29) is 12.5 Å². The van der Waals surface area contributed by atoms with E-state index in [0.29, 0.717) is 24.1 Å². The van der Waals surface area contributed by atoms with E-state index < -0.39 is 5.56 Å². The van der Waals surface area contributed by atoms with Gasteiger partial charge in [0.2, 0.25) is 0 Å². The normalized spacial score (nSPS) is 24.6. The van der Waals surface area contributed by atoms with Crippen molar-refractivity contribution in [2.45, 2.75) is 20.3 Å². The minimum atomic E-state index is -0.400. The van der Waals surface area contributed by atoms with E-state index in [1.54, 1.807) is 6.92 Å². The maximum atomic E-state index is 12.0. The Labute approximate surface area is 112 Å². The zero-order valence-electron chi connectivity index (χ0n) is 11.5. The van der Waals surface area contributed by atoms with Crippen LogP contribution in [0, 0.1) is 18.8 Å². The van der Waals surface area contributed by atoms with E-state index >= 15 is 0 Å². The number of rotatable bonds is 3. The average molecular weight is 267 g/mol. The highest BCUT2D eigenvalue weighted by molar-refractivity contribution is 5.79. The van der Waals surface area contributed by atoms with E-state index in [1.807, 2.05) is 4.90 Å². The Kier molecular flexibility index (Phi) is 4.21. The van der Waals surface area contributed by atoms with Crippen molar-refractivity contribution in [3.8, 4) is 0 Å². The van der Waals surface area contributed by atoms with Gasteiger partial charge >= 0.3 is 0 Å². The fourth-order valence-corrected chi connectivity index (χ4v) is 2.55. The number of nitrogens with two attached hydrogens (primary N) is 1. The molecule has 2 rings (SSSR count). The number of likely N-dealkylation sites (tertiary alicyclic amines) is 1. The molecule has 19 heavy (non-hydrogen) atoms. The number of hydrogen-bond acceptors (Lipinski definition) is 5. The Morgan fingerprint density at radius 3 is 2.89 bits per heavy atom. The SMILES string of the molecule is Cc1cc(=O)n(C(=O)CN2CCC(C)C(CN)C2)o1. The maximum absolute atomic E-state index is 12.0. The van der Waals surface area contributed by atoms with Crippen LogP contribution in [0.2, 0.25) is 0 Å². The first-order valence-electron chi connectivity index (χ1n) is 6.67. The van der Waals surface area contributed by atoms with Gasteiger partial charge in [0, 0.05) is 12.6 Å². The van der Waals surface area contributed by atoms with Crippen LogP contribution in [0.5, 0.6) is 0 Å². The minimum absolute atomic E-state index is 0.204. The molecule has 2 N–H and O–H groups in total. The van der Waals surface area contributed by atoms with Crippen molar-refractivity contribution in [3.05, 3.63) is 22.2 Å². The molecule has 1 aliphatic rings. The third-order valence-electron chi connectivity index (χ3n) is 3.85. The lowest BCUT2D eigenvalue weighted by molar-refractivity contribution is 0.0639. The second-order valence-corrected chi connectivity index (χ2v) is 5.37. The summed E-state index contributed by atoms with van der Waals surface area (Å²) in [4.78, 5) is 25.6. The smallest absolute Gasteiger partial charge is 0.290 e. The van der Waals surface area contributed by atoms with Crippen molar-refractivity contribution >= 4 is 5.91 Å². The lowest BCUT2D eigenvalue weighted by atomic mass is 9.87. The summed E-state index contributed by atoms with van der Waals surface area (Å²) in [5.74, 6) is 1.13. The second-order valence-electron chi connectivity index (χ2n) is 5.37. The highest BCUT2D eigenvalue weighted by Crippen LogP contribution is 2.21. The number of piperidine rings is 1. The van der Waals surface area contributed by atoms with Gasteiger partial charge in [0.15, 0.2) is 0 Å². The van der Waals surface area contributed by atoms with Crippen LogP contribution in [-0.2, 0) is 0 Å². The molecule has 0 spiro atoms. The Morgan fingerprint density at radius 2 is 2.32 bits per heavy atom. The highest BCUT2D eigenvalue weighted by atomic mass is 16.5. The molecule has 0 saturated carbocycles. The quantitative estimate of drug-likeness (QED) is 0.852. The Bertz CT molecular complexity index is 505. The number of nitrogens with zero attached hydrogens (tertiary/aromatic N) is 2. The molecule has 1 fully saturated rings. The molecule has 2 atom stereocenters. The second kappa shape index (κ2) is 5.71. The van der Waals surface area contributed by atoms with E-state index in [9.17, 15) is 9.59 Å². The molecule has 6 nitrogen and oxygen atoms in total. The monoisotopic (exact) mass is 267 g/mol. The van der Waals surface area contributed by atoms with Crippen molar-refractivity contribution < 1.29 is 9.32 Å². The standard InChI is InChI=1S/C13H21N3O3/c1-9-3-4-15(7-11(9)6-14)8-13(18)16-12(17)5-10(2)19-16/h5,9,11H,3-4,6-8,14H2,1-2H3. The van der Waals surface area contributed by atoms with Gasteiger partial charge in [-0.05, 0) is 38.3 Å². The van der Waals surface area contributed by atoms with Gasteiger partial charge in [-0.3, -0.25) is 14.5 Å². The van der Waals surface area contributed by atoms with Crippen molar-refractivity contribution in [1.29, 1.82) is 0 Å². The van der Waals surface area contributed by atoms with E-state index in [1.165, 1.54) is 6.07 Å². The summed E-state index contributed by atoms with van der Waals surface area (Å²) in [6, 6.07) is 1.32. The average Bonchev–Trinajstić information content (AvgIpc) is 2.71. The van der Waals surface area contributed by atoms with E-state index in [2.05, 4.69) is 6.92 Å². The molecule has 2 heterocycles. The number of hydrogen-bond donors (Lipinski definition) is 1. The van der Waals surface area contributed by atoms with E-state index in [0.717, 1.165) is 24.3 Å². The molecule has 1 aliphatic heterocycles. The van der Waals surface area contributed by atoms with Crippen LogP contribution in [0.3, 0.4) is 0 Å². The maximum Gasteiger partial charge on any atom is 0.290 e. The lowest BCUT2D eigenvalue weighted by Crippen LogP contribution is -2.46. The summed E-state index contributed by atoms with van der Waals surface area (Å²) in [7, 11) is 0. The molecule has 1 aromatic rings. The van der Waals surface area contributed by atoms with Crippen LogP contribution >= 0.6 is 0 Å². The molecular formula is C13H21N3O3. The fraction of sp³-hybridized carbons (Fsp3) is 0.692. The molecule has 0 bridgehead atoms. The first-order chi connectivity index (χ1) is 9.01. The molecule has 1 aromatic heterocycles. The molecule has 0 radical (unpaired) electrons. The van der Waals surface area contributed by atoms with Crippen LogP contribution in [0.4, 0.5) is 0 Å². The molecule has 2 unspecified atom stereocenters. The summed E-state index contributed by atoms with van der Waals surface area (Å²) in [5.41, 5.74) is 5.34. The lowest BCUT2D eigenvalue weighted by Gasteiger charge is -2.35. The molecule has 0 aromatic carbocycles. The summed E-state index contributed by atoms with van der Waals surface area (Å²) in [5, 5.41) is 0. The van der Waals surface area contributed by atoms with Gasteiger partial charge < -0.3 is 10.3 Å². The zero-order chi connectivity index (χ0) is 14.0. The summed E-state index contributed by atoms with van der Waals surface area (Å²) < 4.78 is 5.93. The Balaban J connectivity index is 2.00. The third-order valence-corrected chi connectivity index (χ3v) is 3.85.